The number of halogens is 1. The third kappa shape index (κ3) is 2.87. The quantitative estimate of drug-likeness (QED) is 0.886. The van der Waals surface area contributed by atoms with Crippen molar-refractivity contribution in [2.45, 2.75) is 44.1 Å². The van der Waals surface area contributed by atoms with E-state index in [4.69, 9.17) is 5.11 Å². The molecule has 0 heterocycles. The molecule has 1 amide bonds. The van der Waals surface area contributed by atoms with Crippen LogP contribution in [0, 0.1) is 0 Å². The molecule has 1 aromatic carbocycles. The fraction of sp³-hybridized carbons (Fsp3) is 0.467. The van der Waals surface area contributed by atoms with Crippen LogP contribution >= 0.6 is 15.9 Å². The molecule has 1 aromatic rings. The molecule has 1 fully saturated rings. The Morgan fingerprint density at radius 1 is 1.25 bits per heavy atom. The topological polar surface area (TPSA) is 66.4 Å². The van der Waals surface area contributed by atoms with E-state index in [0.29, 0.717) is 0 Å². The second kappa shape index (κ2) is 5.95. The summed E-state index contributed by atoms with van der Waals surface area (Å²) in [6.07, 6.45) is 3.52. The molecule has 2 N–H and O–H groups in total. The molecule has 0 aromatic heterocycles. The largest absolute Gasteiger partial charge is 0.480 e. The summed E-state index contributed by atoms with van der Waals surface area (Å²) in [6, 6.07) is 6.86. The molecule has 5 heteroatoms. The van der Waals surface area contributed by atoms with Gasteiger partial charge in [0.25, 0.3) is 0 Å². The van der Waals surface area contributed by atoms with Gasteiger partial charge in [-0.15, -0.1) is 0 Å². The summed E-state index contributed by atoms with van der Waals surface area (Å²) < 4.78 is 0.966. The first-order chi connectivity index (χ1) is 9.45. The summed E-state index contributed by atoms with van der Waals surface area (Å²) in [4.78, 5) is 23.5. The van der Waals surface area contributed by atoms with Gasteiger partial charge in [0.05, 0.1) is 5.41 Å². The summed E-state index contributed by atoms with van der Waals surface area (Å²) in [5, 5.41) is 11.6. The molecule has 0 aliphatic heterocycles. The average molecular weight is 340 g/mol. The van der Waals surface area contributed by atoms with Crippen molar-refractivity contribution in [3.63, 3.8) is 0 Å². The number of benzene rings is 1. The summed E-state index contributed by atoms with van der Waals surface area (Å²) in [7, 11) is 0. The van der Waals surface area contributed by atoms with Crippen molar-refractivity contribution in [3.8, 4) is 0 Å². The van der Waals surface area contributed by atoms with Crippen LogP contribution in [0.2, 0.25) is 0 Å². The molecule has 1 aliphatic carbocycles. The second-order valence-electron chi connectivity index (χ2n) is 5.33. The number of carbonyl (C=O) groups excluding carboxylic acids is 1. The van der Waals surface area contributed by atoms with Crippen molar-refractivity contribution >= 4 is 27.8 Å². The molecule has 1 saturated carbocycles. The van der Waals surface area contributed by atoms with Crippen LogP contribution in [0.25, 0.3) is 0 Å². The number of aliphatic carboxylic acids is 1. The molecule has 0 radical (unpaired) electrons. The van der Waals surface area contributed by atoms with Gasteiger partial charge in [-0.05, 0) is 37.5 Å². The Morgan fingerprint density at radius 3 is 2.30 bits per heavy atom. The first-order valence-corrected chi connectivity index (χ1v) is 7.55. The van der Waals surface area contributed by atoms with Gasteiger partial charge in [-0.2, -0.15) is 0 Å². The first kappa shape index (κ1) is 15.0. The summed E-state index contributed by atoms with van der Waals surface area (Å²) in [6.45, 7) is 1.49. The molecule has 0 unspecified atom stereocenters. The van der Waals surface area contributed by atoms with Crippen LogP contribution in [0.3, 0.4) is 0 Å². The lowest BCUT2D eigenvalue weighted by molar-refractivity contribution is -0.142. The van der Waals surface area contributed by atoms with Crippen molar-refractivity contribution in [2.24, 2.45) is 0 Å². The van der Waals surface area contributed by atoms with Crippen LogP contribution in [-0.2, 0) is 15.0 Å². The number of hydrogen-bond donors (Lipinski definition) is 2. The standard InChI is InChI=1S/C15H18BrNO3/c1-10(13(18)19)17-14(20)15(8-2-3-9-15)11-4-6-12(16)7-5-11/h4-7,10H,2-3,8-9H2,1H3,(H,17,20)(H,18,19)/t10-/m1/s1. The molecular formula is C15H18BrNO3. The number of carboxylic acids is 1. The predicted molar refractivity (Wildman–Crippen MR) is 79.5 cm³/mol. The molecule has 108 valence electrons. The van der Waals surface area contributed by atoms with Gasteiger partial charge in [-0.25, -0.2) is 0 Å². The Kier molecular flexibility index (Phi) is 4.48. The monoisotopic (exact) mass is 339 g/mol. The highest BCUT2D eigenvalue weighted by atomic mass is 79.9. The lowest BCUT2D eigenvalue weighted by Crippen LogP contribution is -2.48. The van der Waals surface area contributed by atoms with Gasteiger partial charge >= 0.3 is 5.97 Å². The number of hydrogen-bond acceptors (Lipinski definition) is 2. The second-order valence-corrected chi connectivity index (χ2v) is 6.25. The van der Waals surface area contributed by atoms with E-state index in [9.17, 15) is 9.59 Å². The van der Waals surface area contributed by atoms with E-state index in [1.165, 1.54) is 6.92 Å². The molecule has 4 nitrogen and oxygen atoms in total. The zero-order valence-corrected chi connectivity index (χ0v) is 12.9. The Morgan fingerprint density at radius 2 is 1.80 bits per heavy atom. The Bertz CT molecular complexity index is 506. The van der Waals surface area contributed by atoms with Gasteiger partial charge in [0, 0.05) is 4.47 Å². The molecule has 2 rings (SSSR count). The molecule has 20 heavy (non-hydrogen) atoms. The van der Waals surface area contributed by atoms with Crippen LogP contribution in [0.4, 0.5) is 0 Å². The third-order valence-corrected chi connectivity index (χ3v) is 4.54. The molecular weight excluding hydrogens is 322 g/mol. The Hall–Kier alpha value is -1.36. The molecule has 0 bridgehead atoms. The van der Waals surface area contributed by atoms with Crippen LogP contribution in [0.5, 0.6) is 0 Å². The third-order valence-electron chi connectivity index (χ3n) is 4.01. The summed E-state index contributed by atoms with van der Waals surface area (Å²) in [5.74, 6) is -1.19. The minimum absolute atomic E-state index is 0.174. The van der Waals surface area contributed by atoms with Crippen LogP contribution in [0.15, 0.2) is 28.7 Å². The van der Waals surface area contributed by atoms with Gasteiger partial charge in [0.1, 0.15) is 6.04 Å². The van der Waals surface area contributed by atoms with E-state index in [1.54, 1.807) is 0 Å². The summed E-state index contributed by atoms with van der Waals surface area (Å²) >= 11 is 3.39. The average Bonchev–Trinajstić information content (AvgIpc) is 2.90. The van der Waals surface area contributed by atoms with Gasteiger partial charge in [0.2, 0.25) is 5.91 Å². The summed E-state index contributed by atoms with van der Waals surface area (Å²) in [5.41, 5.74) is 0.387. The van der Waals surface area contributed by atoms with Crippen molar-refractivity contribution < 1.29 is 14.7 Å². The Balaban J connectivity index is 2.28. The highest BCUT2D eigenvalue weighted by molar-refractivity contribution is 9.10. The highest BCUT2D eigenvalue weighted by Crippen LogP contribution is 2.41. The smallest absolute Gasteiger partial charge is 0.325 e. The first-order valence-electron chi connectivity index (χ1n) is 6.75. The zero-order chi connectivity index (χ0) is 14.8. The minimum atomic E-state index is -1.01. The van der Waals surface area contributed by atoms with Gasteiger partial charge in [0.15, 0.2) is 0 Å². The number of nitrogens with one attached hydrogen (secondary N) is 1. The van der Waals surface area contributed by atoms with E-state index < -0.39 is 17.4 Å². The lowest BCUT2D eigenvalue weighted by Gasteiger charge is -2.29. The fourth-order valence-electron chi connectivity index (χ4n) is 2.79. The van der Waals surface area contributed by atoms with E-state index in [-0.39, 0.29) is 5.91 Å². The van der Waals surface area contributed by atoms with Gasteiger partial charge in [-0.1, -0.05) is 40.9 Å². The highest BCUT2D eigenvalue weighted by Gasteiger charge is 2.43. The zero-order valence-electron chi connectivity index (χ0n) is 11.4. The van der Waals surface area contributed by atoms with Crippen molar-refractivity contribution in [3.05, 3.63) is 34.3 Å². The number of amides is 1. The van der Waals surface area contributed by atoms with Crippen molar-refractivity contribution in [1.82, 2.24) is 5.32 Å². The number of carbonyl (C=O) groups is 2. The molecule has 0 spiro atoms. The normalized spacial score (nSPS) is 18.5. The van der Waals surface area contributed by atoms with Crippen LogP contribution in [-0.4, -0.2) is 23.0 Å². The number of carboxylic acid groups (broad SMARTS) is 1. The van der Waals surface area contributed by atoms with Crippen molar-refractivity contribution in [2.75, 3.05) is 0 Å². The Labute approximate surface area is 126 Å². The van der Waals surface area contributed by atoms with Crippen LogP contribution < -0.4 is 5.32 Å². The van der Waals surface area contributed by atoms with E-state index >= 15 is 0 Å². The van der Waals surface area contributed by atoms with E-state index in [0.717, 1.165) is 35.7 Å². The maximum Gasteiger partial charge on any atom is 0.325 e. The lowest BCUT2D eigenvalue weighted by atomic mass is 9.78. The minimum Gasteiger partial charge on any atom is -0.480 e. The molecule has 0 saturated heterocycles. The van der Waals surface area contributed by atoms with E-state index in [1.807, 2.05) is 24.3 Å². The maximum atomic E-state index is 12.6. The molecule has 1 aliphatic rings. The van der Waals surface area contributed by atoms with Gasteiger partial charge in [-0.3, -0.25) is 9.59 Å². The van der Waals surface area contributed by atoms with Crippen LogP contribution in [0.1, 0.15) is 38.2 Å². The fourth-order valence-corrected chi connectivity index (χ4v) is 3.06. The van der Waals surface area contributed by atoms with Crippen molar-refractivity contribution in [1.29, 1.82) is 0 Å². The SMILES string of the molecule is C[C@@H](NC(=O)C1(c2ccc(Br)cc2)CCCC1)C(=O)O. The molecule has 1 atom stereocenters. The maximum absolute atomic E-state index is 12.6. The van der Waals surface area contributed by atoms with Gasteiger partial charge < -0.3 is 10.4 Å². The predicted octanol–water partition coefficient (Wildman–Crippen LogP) is 2.85. The van der Waals surface area contributed by atoms with E-state index in [2.05, 4.69) is 21.2 Å². The number of rotatable bonds is 4.